The normalized spacial score (nSPS) is 22.2. The second kappa shape index (κ2) is 9.22. The van der Waals surface area contributed by atoms with Crippen LogP contribution in [-0.4, -0.2) is 65.2 Å². The number of piperazine rings is 1. The smallest absolute Gasteiger partial charge is 0.251 e. The summed E-state index contributed by atoms with van der Waals surface area (Å²) in [6.45, 7) is 0.948. The molecule has 0 saturated carbocycles. The summed E-state index contributed by atoms with van der Waals surface area (Å²) in [5.41, 5.74) is 1.04. The molecule has 3 atom stereocenters. The highest BCUT2D eigenvalue weighted by atomic mass is 19.1. The van der Waals surface area contributed by atoms with Crippen molar-refractivity contribution in [2.45, 2.75) is 31.0 Å². The van der Waals surface area contributed by atoms with Gasteiger partial charge in [0.1, 0.15) is 11.6 Å². The van der Waals surface area contributed by atoms with E-state index in [-0.39, 0.29) is 35.5 Å². The van der Waals surface area contributed by atoms with Gasteiger partial charge in [0.05, 0.1) is 13.2 Å². The van der Waals surface area contributed by atoms with Crippen molar-refractivity contribution in [2.24, 2.45) is 0 Å². The third kappa shape index (κ3) is 4.49. The standard InChI is InChI=1S/C24H24FN5O4/c1-33-19-7-5-14(6-8-19)24-29-28-21(34-24)11-18-12-26-23(32)20-10-17(13-30(18)20)27-22(31)15-3-2-4-16(25)9-15/h2-9,17-18,20H,10-13H2,1H3,(H,26,32)(H,27,31)/t17-,18+,20-/m0/s1. The summed E-state index contributed by atoms with van der Waals surface area (Å²) in [7, 11) is 1.60. The van der Waals surface area contributed by atoms with Crippen molar-refractivity contribution >= 4 is 11.8 Å². The quantitative estimate of drug-likeness (QED) is 0.571. The Morgan fingerprint density at radius 1 is 1.26 bits per heavy atom. The third-order valence-electron chi connectivity index (χ3n) is 6.26. The van der Waals surface area contributed by atoms with Crippen molar-refractivity contribution in [3.63, 3.8) is 0 Å². The average Bonchev–Trinajstić information content (AvgIpc) is 3.49. The number of amides is 2. The molecule has 2 aromatic carbocycles. The molecule has 9 nitrogen and oxygen atoms in total. The maximum absolute atomic E-state index is 13.5. The minimum Gasteiger partial charge on any atom is -0.497 e. The Morgan fingerprint density at radius 2 is 2.09 bits per heavy atom. The number of methoxy groups -OCH3 is 1. The summed E-state index contributed by atoms with van der Waals surface area (Å²) in [5.74, 6) is 0.726. The lowest BCUT2D eigenvalue weighted by molar-refractivity contribution is -0.129. The molecule has 2 fully saturated rings. The molecule has 3 aromatic rings. The molecule has 0 unspecified atom stereocenters. The highest BCUT2D eigenvalue weighted by molar-refractivity contribution is 5.94. The van der Waals surface area contributed by atoms with Crippen LogP contribution in [0, 0.1) is 5.82 Å². The van der Waals surface area contributed by atoms with Crippen LogP contribution in [0.3, 0.4) is 0 Å². The van der Waals surface area contributed by atoms with Crippen molar-refractivity contribution in [3.05, 3.63) is 65.8 Å². The van der Waals surface area contributed by atoms with Gasteiger partial charge in [-0.05, 0) is 48.9 Å². The van der Waals surface area contributed by atoms with Crippen LogP contribution in [0.25, 0.3) is 11.5 Å². The van der Waals surface area contributed by atoms with E-state index >= 15 is 0 Å². The molecule has 0 radical (unpaired) electrons. The van der Waals surface area contributed by atoms with Gasteiger partial charge in [-0.25, -0.2) is 4.39 Å². The number of ether oxygens (including phenoxy) is 1. The fraction of sp³-hybridized carbons (Fsp3) is 0.333. The lowest BCUT2D eigenvalue weighted by Gasteiger charge is -2.36. The maximum Gasteiger partial charge on any atom is 0.251 e. The predicted octanol–water partition coefficient (Wildman–Crippen LogP) is 1.80. The minimum absolute atomic E-state index is 0.0528. The number of aromatic nitrogens is 2. The Morgan fingerprint density at radius 3 is 2.85 bits per heavy atom. The van der Waals surface area contributed by atoms with Crippen LogP contribution in [-0.2, 0) is 11.2 Å². The zero-order valence-electron chi connectivity index (χ0n) is 18.5. The molecule has 2 saturated heterocycles. The van der Waals surface area contributed by atoms with E-state index in [1.807, 2.05) is 24.3 Å². The molecule has 2 amide bonds. The summed E-state index contributed by atoms with van der Waals surface area (Å²) >= 11 is 0. The van der Waals surface area contributed by atoms with Gasteiger partial charge in [0.2, 0.25) is 17.7 Å². The van der Waals surface area contributed by atoms with E-state index in [1.54, 1.807) is 13.2 Å². The number of halogens is 1. The summed E-state index contributed by atoms with van der Waals surface area (Å²) in [4.78, 5) is 27.1. The van der Waals surface area contributed by atoms with Crippen LogP contribution in [0.1, 0.15) is 22.7 Å². The number of nitrogens with zero attached hydrogens (tertiary/aromatic N) is 3. The molecule has 10 heteroatoms. The lowest BCUT2D eigenvalue weighted by Crippen LogP contribution is -2.58. The molecule has 3 heterocycles. The SMILES string of the molecule is COc1ccc(-c2nnc(C[C@@H]3CNC(=O)[C@@H]4C[C@H](NC(=O)c5cccc(F)c5)CN34)o2)cc1. The first-order chi connectivity index (χ1) is 16.5. The first kappa shape index (κ1) is 22.0. The number of carbonyl (C=O) groups is 2. The Labute approximate surface area is 195 Å². The fourth-order valence-corrected chi connectivity index (χ4v) is 4.56. The molecule has 5 rings (SSSR count). The highest BCUT2D eigenvalue weighted by Gasteiger charge is 2.44. The first-order valence-corrected chi connectivity index (χ1v) is 11.1. The molecule has 2 aliphatic heterocycles. The molecule has 0 aliphatic carbocycles. The molecule has 1 aromatic heterocycles. The molecule has 0 bridgehead atoms. The predicted molar refractivity (Wildman–Crippen MR) is 120 cm³/mol. The zero-order valence-corrected chi connectivity index (χ0v) is 18.5. The van der Waals surface area contributed by atoms with Gasteiger partial charge >= 0.3 is 0 Å². The van der Waals surface area contributed by atoms with Crippen LogP contribution >= 0.6 is 0 Å². The summed E-state index contributed by atoms with van der Waals surface area (Å²) in [5, 5.41) is 14.2. The Bertz CT molecular complexity index is 1200. The second-order valence-electron chi connectivity index (χ2n) is 8.46. The van der Waals surface area contributed by atoms with E-state index < -0.39 is 5.82 Å². The van der Waals surface area contributed by atoms with Crippen molar-refractivity contribution < 1.29 is 23.1 Å². The Hall–Kier alpha value is -3.79. The lowest BCUT2D eigenvalue weighted by atomic mass is 10.1. The van der Waals surface area contributed by atoms with E-state index in [2.05, 4.69) is 25.7 Å². The monoisotopic (exact) mass is 465 g/mol. The highest BCUT2D eigenvalue weighted by Crippen LogP contribution is 2.27. The van der Waals surface area contributed by atoms with Crippen molar-refractivity contribution in [1.29, 1.82) is 0 Å². The molecular formula is C24H24FN5O4. The van der Waals surface area contributed by atoms with Crippen LogP contribution < -0.4 is 15.4 Å². The van der Waals surface area contributed by atoms with Gasteiger partial charge < -0.3 is 19.8 Å². The van der Waals surface area contributed by atoms with Gasteiger partial charge in [0.25, 0.3) is 5.91 Å². The van der Waals surface area contributed by atoms with E-state index in [1.165, 1.54) is 18.2 Å². The van der Waals surface area contributed by atoms with Crippen molar-refractivity contribution in [3.8, 4) is 17.2 Å². The van der Waals surface area contributed by atoms with Gasteiger partial charge in [-0.1, -0.05) is 6.07 Å². The van der Waals surface area contributed by atoms with E-state index in [0.717, 1.165) is 11.3 Å². The average molecular weight is 465 g/mol. The summed E-state index contributed by atoms with van der Waals surface area (Å²) in [6, 6.07) is 12.2. The second-order valence-corrected chi connectivity index (χ2v) is 8.46. The Kier molecular flexibility index (Phi) is 5.97. The molecule has 2 aliphatic rings. The molecule has 34 heavy (non-hydrogen) atoms. The van der Waals surface area contributed by atoms with Crippen molar-refractivity contribution in [2.75, 3.05) is 20.2 Å². The Balaban J connectivity index is 1.25. The van der Waals surface area contributed by atoms with Crippen LogP contribution in [0.4, 0.5) is 4.39 Å². The number of benzene rings is 2. The molecule has 2 N–H and O–H groups in total. The fourth-order valence-electron chi connectivity index (χ4n) is 4.56. The number of nitrogens with one attached hydrogen (secondary N) is 2. The van der Waals surface area contributed by atoms with Crippen LogP contribution in [0.15, 0.2) is 52.9 Å². The topological polar surface area (TPSA) is 110 Å². The maximum atomic E-state index is 13.5. The number of hydrogen-bond acceptors (Lipinski definition) is 7. The van der Waals surface area contributed by atoms with Gasteiger partial charge in [-0.3, -0.25) is 14.5 Å². The molecule has 0 spiro atoms. The van der Waals surface area contributed by atoms with E-state index in [0.29, 0.717) is 37.7 Å². The molecule has 176 valence electrons. The number of fused-ring (bicyclic) bond motifs is 1. The minimum atomic E-state index is -0.468. The van der Waals surface area contributed by atoms with Gasteiger partial charge in [-0.15, -0.1) is 10.2 Å². The summed E-state index contributed by atoms with van der Waals surface area (Å²) < 4.78 is 24.5. The molecular weight excluding hydrogens is 441 g/mol. The van der Waals surface area contributed by atoms with E-state index in [4.69, 9.17) is 9.15 Å². The van der Waals surface area contributed by atoms with Gasteiger partial charge in [0.15, 0.2) is 0 Å². The zero-order chi connectivity index (χ0) is 23.7. The third-order valence-corrected chi connectivity index (χ3v) is 6.26. The number of hydrogen-bond donors (Lipinski definition) is 2. The van der Waals surface area contributed by atoms with Gasteiger partial charge in [0, 0.05) is 42.7 Å². The van der Waals surface area contributed by atoms with Crippen molar-refractivity contribution in [1.82, 2.24) is 25.7 Å². The first-order valence-electron chi connectivity index (χ1n) is 11.1. The van der Waals surface area contributed by atoms with E-state index in [9.17, 15) is 14.0 Å². The number of carbonyl (C=O) groups excluding carboxylic acids is 2. The van der Waals surface area contributed by atoms with Gasteiger partial charge in [-0.2, -0.15) is 0 Å². The largest absolute Gasteiger partial charge is 0.497 e. The number of rotatable bonds is 6. The van der Waals surface area contributed by atoms with Crippen LogP contribution in [0.5, 0.6) is 5.75 Å². The summed E-state index contributed by atoms with van der Waals surface area (Å²) in [6.07, 6.45) is 0.939. The van der Waals surface area contributed by atoms with Crippen LogP contribution in [0.2, 0.25) is 0 Å².